The summed E-state index contributed by atoms with van der Waals surface area (Å²) in [7, 11) is -3.89. The molecule has 2 fully saturated rings. The van der Waals surface area contributed by atoms with Crippen LogP contribution in [0.3, 0.4) is 0 Å². The molecule has 0 bridgehead atoms. The minimum Gasteiger partial charge on any atom is -0.369 e. The number of aryl methyl sites for hydroxylation is 1. The normalized spacial score (nSPS) is 18.2. The molecule has 10 heteroatoms. The highest BCUT2D eigenvalue weighted by atomic mass is 35.5. The summed E-state index contributed by atoms with van der Waals surface area (Å²) in [6, 6.07) is 7.63. The Morgan fingerprint density at radius 3 is 2.41 bits per heavy atom. The Hall–Kier alpha value is -2.10. The fourth-order valence-corrected chi connectivity index (χ4v) is 6.03. The quantitative estimate of drug-likeness (QED) is 0.659. The van der Waals surface area contributed by atoms with E-state index < -0.39 is 10.0 Å². The van der Waals surface area contributed by atoms with Crippen LogP contribution in [-0.4, -0.2) is 60.6 Å². The van der Waals surface area contributed by atoms with Crippen LogP contribution in [0.5, 0.6) is 0 Å². The number of anilines is 1. The van der Waals surface area contributed by atoms with Gasteiger partial charge in [-0.2, -0.15) is 9.40 Å². The number of halogens is 1. The van der Waals surface area contributed by atoms with Crippen molar-refractivity contribution in [3.63, 3.8) is 0 Å². The van der Waals surface area contributed by atoms with Gasteiger partial charge in [0.2, 0.25) is 5.03 Å². The van der Waals surface area contributed by atoms with Crippen molar-refractivity contribution in [2.75, 3.05) is 31.1 Å². The second-order valence-corrected chi connectivity index (χ2v) is 10.7. The van der Waals surface area contributed by atoms with E-state index in [0.29, 0.717) is 37.7 Å². The highest BCUT2D eigenvalue weighted by Gasteiger charge is 2.35. The fraction of sp³-hybridized carbons (Fsp3) is 0.545. The van der Waals surface area contributed by atoms with E-state index in [1.54, 1.807) is 10.9 Å². The Morgan fingerprint density at radius 2 is 1.78 bits per heavy atom. The third-order valence-corrected chi connectivity index (χ3v) is 8.22. The molecule has 1 saturated carbocycles. The summed E-state index contributed by atoms with van der Waals surface area (Å²) in [6.45, 7) is 4.32. The smallest absolute Gasteiger partial charge is 0.263 e. The number of sulfonamides is 1. The van der Waals surface area contributed by atoms with E-state index >= 15 is 0 Å². The molecular formula is C22H30ClN5O3S. The first kappa shape index (κ1) is 23.1. The van der Waals surface area contributed by atoms with Gasteiger partial charge in [-0.3, -0.25) is 9.48 Å². The van der Waals surface area contributed by atoms with Crippen molar-refractivity contribution in [3.05, 3.63) is 41.0 Å². The van der Waals surface area contributed by atoms with Crippen molar-refractivity contribution >= 4 is 33.2 Å². The van der Waals surface area contributed by atoms with Crippen LogP contribution in [0.2, 0.25) is 5.02 Å². The predicted octanol–water partition coefficient (Wildman–Crippen LogP) is 3.13. The van der Waals surface area contributed by atoms with E-state index in [0.717, 1.165) is 37.8 Å². The number of amides is 1. The van der Waals surface area contributed by atoms with Crippen molar-refractivity contribution in [1.82, 2.24) is 19.4 Å². The lowest BCUT2D eigenvalue weighted by molar-refractivity contribution is 0.0934. The van der Waals surface area contributed by atoms with Crippen LogP contribution in [0.15, 0.2) is 35.5 Å². The molecule has 1 N–H and O–H groups in total. The van der Waals surface area contributed by atoms with E-state index in [4.69, 9.17) is 11.6 Å². The van der Waals surface area contributed by atoms with Crippen molar-refractivity contribution < 1.29 is 13.2 Å². The summed E-state index contributed by atoms with van der Waals surface area (Å²) in [5, 5.41) is 7.86. The molecule has 174 valence electrons. The van der Waals surface area contributed by atoms with E-state index in [1.807, 2.05) is 31.2 Å². The largest absolute Gasteiger partial charge is 0.369 e. The predicted molar refractivity (Wildman–Crippen MR) is 125 cm³/mol. The molecule has 2 heterocycles. The zero-order valence-electron chi connectivity index (χ0n) is 18.3. The van der Waals surface area contributed by atoms with Gasteiger partial charge in [-0.1, -0.05) is 31.4 Å². The first-order chi connectivity index (χ1) is 15.4. The molecule has 1 aliphatic heterocycles. The highest BCUT2D eigenvalue weighted by Crippen LogP contribution is 2.25. The average molecular weight is 480 g/mol. The number of nitrogens with zero attached hydrogens (tertiary/aromatic N) is 4. The van der Waals surface area contributed by atoms with Gasteiger partial charge in [0, 0.05) is 55.7 Å². The second kappa shape index (κ2) is 9.80. The molecule has 0 spiro atoms. The molecule has 4 rings (SSSR count). The summed E-state index contributed by atoms with van der Waals surface area (Å²) in [5.74, 6) is -0.349. The first-order valence-electron chi connectivity index (χ1n) is 11.3. The lowest BCUT2D eigenvalue weighted by Crippen LogP contribution is -2.49. The lowest BCUT2D eigenvalue weighted by Gasteiger charge is -2.35. The Labute approximate surface area is 194 Å². The minimum atomic E-state index is -3.89. The highest BCUT2D eigenvalue weighted by molar-refractivity contribution is 7.89. The molecule has 2 aliphatic rings. The average Bonchev–Trinajstić information content (AvgIpc) is 3.45. The Bertz CT molecular complexity index is 1040. The molecule has 1 amide bonds. The second-order valence-electron chi connectivity index (χ2n) is 8.43. The lowest BCUT2D eigenvalue weighted by atomic mass is 10.2. The minimum absolute atomic E-state index is 0.107. The molecule has 0 atom stereocenters. The fourth-order valence-electron chi connectivity index (χ4n) is 4.39. The molecule has 0 unspecified atom stereocenters. The molecular weight excluding hydrogens is 450 g/mol. The number of nitrogens with one attached hydrogen (secondary N) is 1. The van der Waals surface area contributed by atoms with Crippen LogP contribution < -0.4 is 10.2 Å². The standard InChI is InChI=1S/C22H30ClN5O3S/c1-2-11-27-16-20(21(29)24-18-5-3-4-6-18)22(25-27)32(30,31)28-14-12-26(13-15-28)19-9-7-17(23)8-10-19/h7-10,16,18H,2-6,11-15H2,1H3,(H,24,29). The molecule has 1 aromatic heterocycles. The summed E-state index contributed by atoms with van der Waals surface area (Å²) < 4.78 is 30.0. The third-order valence-electron chi connectivity index (χ3n) is 6.13. The van der Waals surface area contributed by atoms with Crippen LogP contribution in [-0.2, 0) is 16.6 Å². The number of hydrogen-bond donors (Lipinski definition) is 1. The zero-order chi connectivity index (χ0) is 22.7. The van der Waals surface area contributed by atoms with Gasteiger partial charge >= 0.3 is 0 Å². The van der Waals surface area contributed by atoms with E-state index in [1.165, 1.54) is 4.31 Å². The maximum Gasteiger partial charge on any atom is 0.263 e. The summed E-state index contributed by atoms with van der Waals surface area (Å²) in [4.78, 5) is 15.1. The van der Waals surface area contributed by atoms with Crippen molar-refractivity contribution in [3.8, 4) is 0 Å². The van der Waals surface area contributed by atoms with Gasteiger partial charge in [-0.05, 0) is 43.5 Å². The van der Waals surface area contributed by atoms with Gasteiger partial charge in [-0.25, -0.2) is 8.42 Å². The Morgan fingerprint density at radius 1 is 1.12 bits per heavy atom. The molecule has 1 aromatic carbocycles. The molecule has 8 nitrogen and oxygen atoms in total. The number of rotatable bonds is 7. The van der Waals surface area contributed by atoms with E-state index in [-0.39, 0.29) is 22.5 Å². The van der Waals surface area contributed by atoms with E-state index in [9.17, 15) is 13.2 Å². The Kier molecular flexibility index (Phi) is 7.07. The van der Waals surface area contributed by atoms with Crippen LogP contribution in [0.25, 0.3) is 0 Å². The first-order valence-corrected chi connectivity index (χ1v) is 13.1. The molecule has 0 radical (unpaired) electrons. The summed E-state index contributed by atoms with van der Waals surface area (Å²) in [5.41, 5.74) is 1.15. The SMILES string of the molecule is CCCn1cc(C(=O)NC2CCCC2)c(S(=O)(=O)N2CCN(c3ccc(Cl)cc3)CC2)n1. The van der Waals surface area contributed by atoms with Gasteiger partial charge in [-0.15, -0.1) is 0 Å². The van der Waals surface area contributed by atoms with Gasteiger partial charge in [0.25, 0.3) is 15.9 Å². The number of benzene rings is 1. The molecule has 32 heavy (non-hydrogen) atoms. The van der Waals surface area contributed by atoms with Crippen molar-refractivity contribution in [2.45, 2.75) is 56.6 Å². The third kappa shape index (κ3) is 4.94. The maximum absolute atomic E-state index is 13.5. The van der Waals surface area contributed by atoms with Crippen LogP contribution in [0, 0.1) is 0 Å². The number of piperazine rings is 1. The number of aromatic nitrogens is 2. The number of hydrogen-bond acceptors (Lipinski definition) is 5. The monoisotopic (exact) mass is 479 g/mol. The van der Waals surface area contributed by atoms with Crippen molar-refractivity contribution in [2.24, 2.45) is 0 Å². The molecule has 1 aliphatic carbocycles. The Balaban J connectivity index is 1.52. The van der Waals surface area contributed by atoms with Gasteiger partial charge in [0.1, 0.15) is 0 Å². The number of carbonyl (C=O) groups excluding carboxylic acids is 1. The summed E-state index contributed by atoms with van der Waals surface area (Å²) >= 11 is 5.97. The van der Waals surface area contributed by atoms with Crippen LogP contribution in [0.4, 0.5) is 5.69 Å². The van der Waals surface area contributed by atoms with Crippen molar-refractivity contribution in [1.29, 1.82) is 0 Å². The topological polar surface area (TPSA) is 87.5 Å². The molecule has 2 aromatic rings. The van der Waals surface area contributed by atoms with Gasteiger partial charge < -0.3 is 10.2 Å². The summed E-state index contributed by atoms with van der Waals surface area (Å²) in [6.07, 6.45) is 6.41. The van der Waals surface area contributed by atoms with Gasteiger partial charge in [0.05, 0.1) is 5.56 Å². The zero-order valence-corrected chi connectivity index (χ0v) is 19.9. The van der Waals surface area contributed by atoms with Gasteiger partial charge in [0.15, 0.2) is 0 Å². The van der Waals surface area contributed by atoms with Crippen LogP contribution in [0.1, 0.15) is 49.4 Å². The maximum atomic E-state index is 13.5. The molecule has 1 saturated heterocycles. The van der Waals surface area contributed by atoms with E-state index in [2.05, 4.69) is 15.3 Å². The number of carbonyl (C=O) groups is 1. The van der Waals surface area contributed by atoms with Crippen LogP contribution >= 0.6 is 11.6 Å².